The molecule has 8 heteroatoms. The highest BCUT2D eigenvalue weighted by Gasteiger charge is 2.23. The molecule has 0 spiro atoms. The van der Waals surface area contributed by atoms with Gasteiger partial charge in [-0.1, -0.05) is 6.07 Å². The lowest BCUT2D eigenvalue weighted by atomic mass is 10.3. The maximum Gasteiger partial charge on any atom is 0.158 e. The predicted octanol–water partition coefficient (Wildman–Crippen LogP) is 1.96. The molecule has 0 bridgehead atoms. The van der Waals surface area contributed by atoms with Crippen LogP contribution in [0.3, 0.4) is 0 Å². The van der Waals surface area contributed by atoms with E-state index in [1.807, 2.05) is 18.2 Å². The molecular weight excluding hydrogens is 350 g/mol. The summed E-state index contributed by atoms with van der Waals surface area (Å²) in [5.41, 5.74) is 7.13. The summed E-state index contributed by atoms with van der Waals surface area (Å²) in [7, 11) is 0. The van der Waals surface area contributed by atoms with E-state index in [1.54, 1.807) is 11.3 Å². The molecule has 4 heterocycles. The van der Waals surface area contributed by atoms with Crippen molar-refractivity contribution in [1.82, 2.24) is 9.97 Å². The fraction of sp³-hybridized carbons (Fsp3) is 0.444. The maximum atomic E-state index is 6.49. The van der Waals surface area contributed by atoms with Crippen LogP contribution >= 0.6 is 11.3 Å². The van der Waals surface area contributed by atoms with Gasteiger partial charge in [-0.25, -0.2) is 9.97 Å². The second kappa shape index (κ2) is 8.03. The number of rotatable bonds is 4. The molecule has 0 amide bonds. The summed E-state index contributed by atoms with van der Waals surface area (Å²) in [5.74, 6) is 2.28. The van der Waals surface area contributed by atoms with E-state index in [9.17, 15) is 0 Å². The third kappa shape index (κ3) is 3.82. The normalized spacial score (nSPS) is 18.6. The van der Waals surface area contributed by atoms with E-state index in [-0.39, 0.29) is 0 Å². The number of aromatic nitrogens is 2. The third-order valence-corrected chi connectivity index (χ3v) is 5.32. The minimum absolute atomic E-state index is 0.641. The van der Waals surface area contributed by atoms with Gasteiger partial charge in [-0.15, -0.1) is 11.3 Å². The molecule has 0 saturated carbocycles. The monoisotopic (exact) mass is 373 g/mol. The summed E-state index contributed by atoms with van der Waals surface area (Å²) < 4.78 is 10.9. The second-order valence-corrected chi connectivity index (χ2v) is 7.17. The van der Waals surface area contributed by atoms with Gasteiger partial charge < -0.3 is 25.0 Å². The van der Waals surface area contributed by atoms with Crippen molar-refractivity contribution in [3.8, 4) is 0 Å². The van der Waals surface area contributed by atoms with Crippen molar-refractivity contribution in [2.75, 3.05) is 68.1 Å². The Labute approximate surface area is 157 Å². The van der Waals surface area contributed by atoms with Crippen LogP contribution in [-0.2, 0) is 9.47 Å². The highest BCUT2D eigenvalue weighted by atomic mass is 32.1. The lowest BCUT2D eigenvalue weighted by Gasteiger charge is -2.32. The smallest absolute Gasteiger partial charge is 0.158 e. The number of ether oxygens (including phenoxy) is 2. The molecule has 2 fully saturated rings. The van der Waals surface area contributed by atoms with Gasteiger partial charge in [0.1, 0.15) is 5.69 Å². The number of nitrogens with zero attached hydrogens (tertiary/aromatic N) is 4. The summed E-state index contributed by atoms with van der Waals surface area (Å²) >= 11 is 1.69. The zero-order chi connectivity index (χ0) is 17.8. The first-order valence-electron chi connectivity index (χ1n) is 8.86. The topological polar surface area (TPSA) is 76.7 Å². The Kier molecular flexibility index (Phi) is 5.33. The van der Waals surface area contributed by atoms with Crippen molar-refractivity contribution >= 4 is 40.8 Å². The molecule has 26 heavy (non-hydrogen) atoms. The Morgan fingerprint density at radius 2 is 1.50 bits per heavy atom. The number of hydrogen-bond donors (Lipinski definition) is 1. The van der Waals surface area contributed by atoms with E-state index in [0.717, 1.165) is 37.8 Å². The van der Waals surface area contributed by atoms with Gasteiger partial charge in [0.25, 0.3) is 0 Å². The molecular formula is C18H23N5O2S. The fourth-order valence-electron chi connectivity index (χ4n) is 3.11. The molecule has 138 valence electrons. The van der Waals surface area contributed by atoms with E-state index in [4.69, 9.17) is 25.2 Å². The quantitative estimate of drug-likeness (QED) is 0.878. The Bertz CT molecular complexity index is 714. The zero-order valence-corrected chi connectivity index (χ0v) is 15.5. The van der Waals surface area contributed by atoms with Gasteiger partial charge in [0.05, 0.1) is 26.4 Å². The average Bonchev–Trinajstić information content (AvgIpc) is 3.22. The van der Waals surface area contributed by atoms with Crippen LogP contribution in [0.15, 0.2) is 17.5 Å². The number of nitrogen functional groups attached to an aromatic ring is 1. The second-order valence-electron chi connectivity index (χ2n) is 6.19. The third-order valence-electron chi connectivity index (χ3n) is 4.48. The van der Waals surface area contributed by atoms with Crippen molar-refractivity contribution in [3.05, 3.63) is 28.2 Å². The SMILES string of the molecule is Nc1c(N2CCOCC2)nc(C=Cc2cccs2)nc1N1CCOCC1. The Balaban J connectivity index is 1.70. The summed E-state index contributed by atoms with van der Waals surface area (Å²) in [4.78, 5) is 15.0. The van der Waals surface area contributed by atoms with Crippen molar-refractivity contribution in [3.63, 3.8) is 0 Å². The molecule has 2 aromatic rings. The van der Waals surface area contributed by atoms with Crippen molar-refractivity contribution in [1.29, 1.82) is 0 Å². The molecule has 7 nitrogen and oxygen atoms in total. The molecule has 2 aliphatic heterocycles. The molecule has 2 saturated heterocycles. The first kappa shape index (κ1) is 17.3. The largest absolute Gasteiger partial charge is 0.393 e. The first-order chi connectivity index (χ1) is 12.8. The molecule has 2 aliphatic rings. The van der Waals surface area contributed by atoms with E-state index < -0.39 is 0 Å². The van der Waals surface area contributed by atoms with Crippen molar-refractivity contribution < 1.29 is 9.47 Å². The van der Waals surface area contributed by atoms with Gasteiger partial charge in [0.15, 0.2) is 17.5 Å². The fourth-order valence-corrected chi connectivity index (χ4v) is 3.73. The molecule has 0 atom stereocenters. The number of anilines is 3. The first-order valence-corrected chi connectivity index (χ1v) is 9.74. The Morgan fingerprint density at radius 3 is 2.00 bits per heavy atom. The standard InChI is InChI=1S/C18H23N5O2S/c19-16-17(22-5-9-24-10-6-22)20-15(4-3-14-2-1-13-26-14)21-18(16)23-7-11-25-12-8-23/h1-4,13H,5-12,19H2. The minimum Gasteiger partial charge on any atom is -0.393 e. The summed E-state index contributed by atoms with van der Waals surface area (Å²) in [6.07, 6.45) is 4.00. The van der Waals surface area contributed by atoms with Crippen LogP contribution in [0, 0.1) is 0 Å². The van der Waals surface area contributed by atoms with Crippen LogP contribution in [0.25, 0.3) is 12.2 Å². The molecule has 0 aromatic carbocycles. The molecule has 2 aromatic heterocycles. The van der Waals surface area contributed by atoms with E-state index >= 15 is 0 Å². The Hall–Kier alpha value is -2.16. The van der Waals surface area contributed by atoms with E-state index in [2.05, 4.69) is 21.2 Å². The van der Waals surface area contributed by atoms with Gasteiger partial charge in [-0.2, -0.15) is 0 Å². The zero-order valence-electron chi connectivity index (χ0n) is 14.6. The van der Waals surface area contributed by atoms with Crippen LogP contribution in [0.5, 0.6) is 0 Å². The molecule has 4 rings (SSSR count). The molecule has 2 N–H and O–H groups in total. The molecule has 0 radical (unpaired) electrons. The highest BCUT2D eigenvalue weighted by Crippen LogP contribution is 2.31. The maximum absolute atomic E-state index is 6.49. The van der Waals surface area contributed by atoms with E-state index in [0.29, 0.717) is 37.9 Å². The number of thiophene rings is 1. The molecule has 0 unspecified atom stereocenters. The summed E-state index contributed by atoms with van der Waals surface area (Å²) in [5, 5.41) is 2.06. The van der Waals surface area contributed by atoms with Crippen molar-refractivity contribution in [2.24, 2.45) is 0 Å². The minimum atomic E-state index is 0.641. The van der Waals surface area contributed by atoms with Crippen LogP contribution in [0.2, 0.25) is 0 Å². The number of hydrogen-bond acceptors (Lipinski definition) is 8. The lowest BCUT2D eigenvalue weighted by molar-refractivity contribution is 0.122. The van der Waals surface area contributed by atoms with Gasteiger partial charge in [-0.05, 0) is 23.6 Å². The van der Waals surface area contributed by atoms with Gasteiger partial charge in [0, 0.05) is 31.1 Å². The van der Waals surface area contributed by atoms with Crippen molar-refractivity contribution in [2.45, 2.75) is 0 Å². The summed E-state index contributed by atoms with van der Waals surface area (Å²) in [6.45, 7) is 5.92. The lowest BCUT2D eigenvalue weighted by Crippen LogP contribution is -2.40. The number of morpholine rings is 2. The highest BCUT2D eigenvalue weighted by molar-refractivity contribution is 7.10. The van der Waals surface area contributed by atoms with Crippen LogP contribution in [-0.4, -0.2) is 62.6 Å². The average molecular weight is 373 g/mol. The summed E-state index contributed by atoms with van der Waals surface area (Å²) in [6, 6.07) is 4.11. The van der Waals surface area contributed by atoms with Crippen LogP contribution in [0.1, 0.15) is 10.7 Å². The predicted molar refractivity (Wildman–Crippen MR) is 106 cm³/mol. The van der Waals surface area contributed by atoms with Gasteiger partial charge in [-0.3, -0.25) is 0 Å². The van der Waals surface area contributed by atoms with Gasteiger partial charge >= 0.3 is 0 Å². The number of nitrogens with two attached hydrogens (primary N) is 1. The van der Waals surface area contributed by atoms with E-state index in [1.165, 1.54) is 4.88 Å². The molecule has 0 aliphatic carbocycles. The van der Waals surface area contributed by atoms with Crippen LogP contribution in [0.4, 0.5) is 17.3 Å². The van der Waals surface area contributed by atoms with Crippen LogP contribution < -0.4 is 15.5 Å². The Morgan fingerprint density at radius 1 is 0.923 bits per heavy atom. The van der Waals surface area contributed by atoms with Gasteiger partial charge in [0.2, 0.25) is 0 Å².